The first-order chi connectivity index (χ1) is 8.00. The van der Waals surface area contributed by atoms with Gasteiger partial charge in [-0.25, -0.2) is 4.98 Å². The van der Waals surface area contributed by atoms with E-state index in [9.17, 15) is 4.79 Å². The van der Waals surface area contributed by atoms with Gasteiger partial charge >= 0.3 is 0 Å². The Morgan fingerprint density at radius 3 is 2.71 bits per heavy atom. The van der Waals surface area contributed by atoms with Crippen molar-refractivity contribution in [2.45, 2.75) is 6.92 Å². The Labute approximate surface area is 121 Å². The maximum Gasteiger partial charge on any atom is 0.264 e. The Morgan fingerprint density at radius 2 is 2.06 bits per heavy atom. The molecule has 0 radical (unpaired) electrons. The van der Waals surface area contributed by atoms with Crippen LogP contribution in [0.15, 0.2) is 23.0 Å². The Balaban J connectivity index is 2.70. The van der Waals surface area contributed by atoms with E-state index in [4.69, 9.17) is 23.2 Å². The van der Waals surface area contributed by atoms with Crippen molar-refractivity contribution in [3.8, 4) is 11.4 Å². The van der Waals surface area contributed by atoms with Gasteiger partial charge in [-0.1, -0.05) is 29.3 Å². The average molecular weight is 381 g/mol. The number of aromatic nitrogens is 2. The Kier molecular flexibility index (Phi) is 3.75. The molecule has 0 saturated carbocycles. The first-order valence-corrected chi connectivity index (χ1v) is 6.55. The molecule has 0 aliphatic rings. The van der Waals surface area contributed by atoms with Crippen molar-refractivity contribution in [1.82, 2.24) is 9.97 Å². The lowest BCUT2D eigenvalue weighted by Gasteiger charge is -2.06. The van der Waals surface area contributed by atoms with E-state index < -0.39 is 0 Å². The SMILES string of the molecule is Cc1nc(-c2cccc(Cl)c2Cl)[nH]c(=O)c1I. The average Bonchev–Trinajstić information content (AvgIpc) is 2.29. The van der Waals surface area contributed by atoms with Crippen LogP contribution in [-0.4, -0.2) is 9.97 Å². The fourth-order valence-electron chi connectivity index (χ4n) is 1.39. The van der Waals surface area contributed by atoms with E-state index in [-0.39, 0.29) is 5.56 Å². The van der Waals surface area contributed by atoms with E-state index in [2.05, 4.69) is 9.97 Å². The summed E-state index contributed by atoms with van der Waals surface area (Å²) in [4.78, 5) is 18.6. The van der Waals surface area contributed by atoms with E-state index in [1.54, 1.807) is 25.1 Å². The van der Waals surface area contributed by atoms with Crippen LogP contribution in [0.5, 0.6) is 0 Å². The maximum atomic E-state index is 11.7. The predicted molar refractivity (Wildman–Crippen MR) is 77.8 cm³/mol. The summed E-state index contributed by atoms with van der Waals surface area (Å²) in [7, 11) is 0. The highest BCUT2D eigenvalue weighted by Crippen LogP contribution is 2.31. The number of aryl methyl sites for hydroxylation is 1. The highest BCUT2D eigenvalue weighted by molar-refractivity contribution is 14.1. The molecule has 2 aromatic rings. The largest absolute Gasteiger partial charge is 0.306 e. The molecule has 0 unspecified atom stereocenters. The van der Waals surface area contributed by atoms with Crippen LogP contribution >= 0.6 is 45.8 Å². The lowest BCUT2D eigenvalue weighted by molar-refractivity contribution is 1.05. The third-order valence-corrected chi connectivity index (χ3v) is 4.32. The normalized spacial score (nSPS) is 10.6. The first-order valence-electron chi connectivity index (χ1n) is 4.71. The Hall–Kier alpha value is -0.590. The second-order valence-corrected chi connectivity index (χ2v) is 5.28. The molecule has 17 heavy (non-hydrogen) atoms. The standard InChI is InChI=1S/C11H7Cl2IN2O/c1-5-9(14)11(17)16-10(15-5)6-3-2-4-7(12)8(6)13/h2-4H,1H3,(H,15,16,17). The van der Waals surface area contributed by atoms with Gasteiger partial charge in [0.1, 0.15) is 5.82 Å². The first kappa shape index (κ1) is 12.9. The minimum Gasteiger partial charge on any atom is -0.306 e. The van der Waals surface area contributed by atoms with Crippen LogP contribution in [0, 0.1) is 10.5 Å². The second-order valence-electron chi connectivity index (χ2n) is 3.42. The third-order valence-electron chi connectivity index (χ3n) is 2.24. The number of benzene rings is 1. The van der Waals surface area contributed by atoms with E-state index in [0.717, 1.165) is 0 Å². The molecule has 0 aliphatic carbocycles. The molecule has 0 amide bonds. The van der Waals surface area contributed by atoms with E-state index in [1.807, 2.05) is 22.6 Å². The molecule has 6 heteroatoms. The quantitative estimate of drug-likeness (QED) is 0.767. The molecule has 88 valence electrons. The van der Waals surface area contributed by atoms with Crippen molar-refractivity contribution in [2.24, 2.45) is 0 Å². The molecule has 2 rings (SSSR count). The zero-order valence-corrected chi connectivity index (χ0v) is 12.4. The molecule has 0 aliphatic heterocycles. The summed E-state index contributed by atoms with van der Waals surface area (Å²) >= 11 is 14.0. The fourth-order valence-corrected chi connectivity index (χ4v) is 2.03. The predicted octanol–water partition coefficient (Wildman–Crippen LogP) is 3.66. The molecule has 1 heterocycles. The number of hydrogen-bond acceptors (Lipinski definition) is 2. The lowest BCUT2D eigenvalue weighted by atomic mass is 10.2. The van der Waals surface area contributed by atoms with Gasteiger partial charge in [0, 0.05) is 5.56 Å². The fraction of sp³-hybridized carbons (Fsp3) is 0.0909. The molecule has 1 aromatic heterocycles. The molecular formula is C11H7Cl2IN2O. The van der Waals surface area contributed by atoms with Gasteiger partial charge in [-0.15, -0.1) is 0 Å². The summed E-state index contributed by atoms with van der Waals surface area (Å²) in [6, 6.07) is 5.21. The highest BCUT2D eigenvalue weighted by atomic mass is 127. The van der Waals surface area contributed by atoms with Crippen LogP contribution in [0.4, 0.5) is 0 Å². The van der Waals surface area contributed by atoms with Crippen molar-refractivity contribution in [3.63, 3.8) is 0 Å². The molecule has 0 spiro atoms. The summed E-state index contributed by atoms with van der Waals surface area (Å²) in [5.41, 5.74) is 1.11. The number of nitrogens with one attached hydrogen (secondary N) is 1. The van der Waals surface area contributed by atoms with Crippen molar-refractivity contribution < 1.29 is 0 Å². The summed E-state index contributed by atoms with van der Waals surface area (Å²) in [6.07, 6.45) is 0. The van der Waals surface area contributed by atoms with Crippen LogP contribution in [0.2, 0.25) is 10.0 Å². The molecule has 0 atom stereocenters. The Bertz CT molecular complexity index is 640. The van der Waals surface area contributed by atoms with Crippen LogP contribution in [0.25, 0.3) is 11.4 Å². The lowest BCUT2D eigenvalue weighted by Crippen LogP contribution is -2.14. The van der Waals surface area contributed by atoms with Crippen LogP contribution in [0.1, 0.15) is 5.69 Å². The number of H-pyrrole nitrogens is 1. The number of nitrogens with zero attached hydrogens (tertiary/aromatic N) is 1. The van der Waals surface area contributed by atoms with Crippen molar-refractivity contribution in [3.05, 3.63) is 47.9 Å². The van der Waals surface area contributed by atoms with Crippen LogP contribution in [0.3, 0.4) is 0 Å². The maximum absolute atomic E-state index is 11.7. The van der Waals surface area contributed by atoms with Gasteiger partial charge in [-0.3, -0.25) is 4.79 Å². The zero-order chi connectivity index (χ0) is 12.6. The van der Waals surface area contributed by atoms with Crippen molar-refractivity contribution in [2.75, 3.05) is 0 Å². The number of hydrogen-bond donors (Lipinski definition) is 1. The molecule has 1 aromatic carbocycles. The minimum atomic E-state index is -0.177. The number of rotatable bonds is 1. The van der Waals surface area contributed by atoms with E-state index in [0.29, 0.717) is 30.7 Å². The summed E-state index contributed by atoms with van der Waals surface area (Å²) in [6.45, 7) is 1.78. The summed E-state index contributed by atoms with van der Waals surface area (Å²) in [5.74, 6) is 0.431. The van der Waals surface area contributed by atoms with Gasteiger partial charge in [0.05, 0.1) is 19.3 Å². The van der Waals surface area contributed by atoms with Gasteiger partial charge in [-0.05, 0) is 41.6 Å². The summed E-state index contributed by atoms with van der Waals surface area (Å²) in [5, 5.41) is 0.820. The number of aromatic amines is 1. The number of halogens is 3. The summed E-state index contributed by atoms with van der Waals surface area (Å²) < 4.78 is 0.574. The smallest absolute Gasteiger partial charge is 0.264 e. The highest BCUT2D eigenvalue weighted by Gasteiger charge is 2.11. The van der Waals surface area contributed by atoms with Gasteiger partial charge in [0.15, 0.2) is 0 Å². The molecule has 0 saturated heterocycles. The van der Waals surface area contributed by atoms with Crippen LogP contribution < -0.4 is 5.56 Å². The molecular weight excluding hydrogens is 374 g/mol. The second kappa shape index (κ2) is 4.96. The van der Waals surface area contributed by atoms with Crippen molar-refractivity contribution in [1.29, 1.82) is 0 Å². The monoisotopic (exact) mass is 380 g/mol. The van der Waals surface area contributed by atoms with E-state index >= 15 is 0 Å². The van der Waals surface area contributed by atoms with Gasteiger partial charge in [0.25, 0.3) is 5.56 Å². The van der Waals surface area contributed by atoms with Crippen LogP contribution in [-0.2, 0) is 0 Å². The third kappa shape index (κ3) is 2.48. The topological polar surface area (TPSA) is 45.8 Å². The van der Waals surface area contributed by atoms with Gasteiger partial charge in [-0.2, -0.15) is 0 Å². The Morgan fingerprint density at radius 1 is 1.35 bits per heavy atom. The molecule has 1 N–H and O–H groups in total. The van der Waals surface area contributed by atoms with Gasteiger partial charge < -0.3 is 4.98 Å². The molecule has 0 bridgehead atoms. The molecule has 3 nitrogen and oxygen atoms in total. The van der Waals surface area contributed by atoms with E-state index in [1.165, 1.54) is 0 Å². The van der Waals surface area contributed by atoms with Crippen molar-refractivity contribution >= 4 is 45.8 Å². The molecule has 0 fully saturated rings. The van der Waals surface area contributed by atoms with Gasteiger partial charge in [0.2, 0.25) is 0 Å². The minimum absolute atomic E-state index is 0.177. The zero-order valence-electron chi connectivity index (χ0n) is 8.72.